The number of benzene rings is 2. The Labute approximate surface area is 178 Å². The normalized spacial score (nSPS) is 13.1. The zero-order chi connectivity index (χ0) is 22.0. The van der Waals surface area contributed by atoms with E-state index in [-0.39, 0.29) is 23.6 Å². The summed E-state index contributed by atoms with van der Waals surface area (Å²) in [6.07, 6.45) is 2.93. The lowest BCUT2D eigenvalue weighted by Gasteiger charge is -2.11. The van der Waals surface area contributed by atoms with E-state index in [0.717, 1.165) is 9.87 Å². The molecule has 0 saturated heterocycles. The van der Waals surface area contributed by atoms with Crippen LogP contribution >= 0.6 is 0 Å². The monoisotopic (exact) mass is 442 g/mol. The number of amides is 1. The minimum Gasteiger partial charge on any atom is -0.454 e. The maximum atomic E-state index is 12.1. The summed E-state index contributed by atoms with van der Waals surface area (Å²) in [6.45, 7) is 0.177. The van der Waals surface area contributed by atoms with Crippen LogP contribution in [0.3, 0.4) is 0 Å². The number of fused-ring (bicyclic) bond motifs is 1. The maximum absolute atomic E-state index is 12.1. The molecule has 1 aliphatic rings. The molecule has 160 valence electrons. The van der Waals surface area contributed by atoms with Gasteiger partial charge in [-0.15, -0.1) is 5.10 Å². The standard InChI is InChI=1S/C20H18N4O6S/c1-24(2)31(26,27)15-7-5-14(6-8-15)19-22-23-20(30-19)21-18(25)10-4-13-3-9-16-17(11-13)29-12-28-16/h3-11H,12H2,1-2H3,(H,21,23,25)/b10-4+. The summed E-state index contributed by atoms with van der Waals surface area (Å²) in [4.78, 5) is 12.3. The molecule has 0 bridgehead atoms. The molecule has 1 aromatic heterocycles. The van der Waals surface area contributed by atoms with Gasteiger partial charge in [-0.1, -0.05) is 11.2 Å². The first-order chi connectivity index (χ1) is 14.8. The van der Waals surface area contributed by atoms with Gasteiger partial charge < -0.3 is 13.9 Å². The SMILES string of the molecule is CN(C)S(=O)(=O)c1ccc(-c2nnc(NC(=O)/C=C/c3ccc4c(c3)OCO4)o2)cc1. The number of anilines is 1. The quantitative estimate of drug-likeness (QED) is 0.577. The largest absolute Gasteiger partial charge is 0.454 e. The van der Waals surface area contributed by atoms with Gasteiger partial charge in [-0.25, -0.2) is 12.7 Å². The number of hydrogen-bond donors (Lipinski definition) is 1. The molecule has 3 aromatic rings. The zero-order valence-electron chi connectivity index (χ0n) is 16.6. The van der Waals surface area contributed by atoms with Crippen molar-refractivity contribution in [2.24, 2.45) is 0 Å². The van der Waals surface area contributed by atoms with Crippen molar-refractivity contribution in [1.29, 1.82) is 0 Å². The third-order valence-corrected chi connectivity index (χ3v) is 6.19. The van der Waals surface area contributed by atoms with E-state index in [9.17, 15) is 13.2 Å². The van der Waals surface area contributed by atoms with Gasteiger partial charge in [0.25, 0.3) is 5.91 Å². The summed E-state index contributed by atoms with van der Waals surface area (Å²) in [5.74, 6) is 0.963. The van der Waals surface area contributed by atoms with Crippen LogP contribution in [0.4, 0.5) is 6.01 Å². The van der Waals surface area contributed by atoms with E-state index in [1.807, 2.05) is 0 Å². The number of rotatable bonds is 6. The number of sulfonamides is 1. The predicted octanol–water partition coefficient (Wildman–Crippen LogP) is 2.37. The highest BCUT2D eigenvalue weighted by Crippen LogP contribution is 2.32. The van der Waals surface area contributed by atoms with E-state index in [2.05, 4.69) is 15.5 Å². The number of carbonyl (C=O) groups is 1. The van der Waals surface area contributed by atoms with Crippen molar-refractivity contribution in [2.75, 3.05) is 26.2 Å². The molecule has 0 spiro atoms. The van der Waals surface area contributed by atoms with Crippen LogP contribution in [0, 0.1) is 0 Å². The number of nitrogens with one attached hydrogen (secondary N) is 1. The molecule has 0 unspecified atom stereocenters. The molecule has 2 aromatic carbocycles. The molecule has 0 radical (unpaired) electrons. The predicted molar refractivity (Wildman–Crippen MR) is 111 cm³/mol. The van der Waals surface area contributed by atoms with E-state index in [0.29, 0.717) is 17.1 Å². The van der Waals surface area contributed by atoms with E-state index in [1.54, 1.807) is 36.4 Å². The number of aromatic nitrogens is 2. The molecule has 0 aliphatic carbocycles. The number of carbonyl (C=O) groups excluding carboxylic acids is 1. The van der Waals surface area contributed by atoms with Crippen LogP contribution in [-0.2, 0) is 14.8 Å². The molecular formula is C20H18N4O6S. The van der Waals surface area contributed by atoms with Crippen molar-refractivity contribution in [3.05, 3.63) is 54.1 Å². The Kier molecular flexibility index (Phi) is 5.44. The summed E-state index contributed by atoms with van der Waals surface area (Å²) < 4.78 is 41.4. The minimum atomic E-state index is -3.53. The molecule has 10 nitrogen and oxygen atoms in total. The van der Waals surface area contributed by atoms with Gasteiger partial charge in [0, 0.05) is 25.7 Å². The maximum Gasteiger partial charge on any atom is 0.322 e. The summed E-state index contributed by atoms with van der Waals surface area (Å²) in [6, 6.07) is 11.2. The summed E-state index contributed by atoms with van der Waals surface area (Å²) in [5.41, 5.74) is 1.28. The molecule has 0 fully saturated rings. The van der Waals surface area contributed by atoms with Crippen LogP contribution in [0.1, 0.15) is 5.56 Å². The van der Waals surface area contributed by atoms with Crippen molar-refractivity contribution in [3.63, 3.8) is 0 Å². The first kappa shape index (κ1) is 20.6. The van der Waals surface area contributed by atoms with E-state index in [4.69, 9.17) is 13.9 Å². The summed E-state index contributed by atoms with van der Waals surface area (Å²) >= 11 is 0. The molecule has 11 heteroatoms. The Morgan fingerprint density at radius 3 is 2.55 bits per heavy atom. The third kappa shape index (κ3) is 4.42. The Bertz CT molecular complexity index is 1250. The highest BCUT2D eigenvalue weighted by atomic mass is 32.2. The second-order valence-corrected chi connectivity index (χ2v) is 8.81. The molecule has 1 amide bonds. The lowest BCUT2D eigenvalue weighted by atomic mass is 10.2. The average Bonchev–Trinajstić information content (AvgIpc) is 3.41. The average molecular weight is 442 g/mol. The highest BCUT2D eigenvalue weighted by molar-refractivity contribution is 7.89. The number of ether oxygens (including phenoxy) is 2. The third-order valence-electron chi connectivity index (χ3n) is 4.36. The van der Waals surface area contributed by atoms with Crippen molar-refractivity contribution >= 4 is 28.0 Å². The Morgan fingerprint density at radius 2 is 1.81 bits per heavy atom. The lowest BCUT2D eigenvalue weighted by molar-refractivity contribution is -0.112. The molecule has 0 atom stereocenters. The van der Waals surface area contributed by atoms with Gasteiger partial charge in [0.15, 0.2) is 11.5 Å². The first-order valence-corrected chi connectivity index (χ1v) is 10.5. The van der Waals surface area contributed by atoms with Crippen LogP contribution in [0.15, 0.2) is 57.9 Å². The zero-order valence-corrected chi connectivity index (χ0v) is 17.4. The molecule has 2 heterocycles. The molecule has 31 heavy (non-hydrogen) atoms. The van der Waals surface area contributed by atoms with Crippen molar-refractivity contribution in [1.82, 2.24) is 14.5 Å². The minimum absolute atomic E-state index is 0.0830. The van der Waals surface area contributed by atoms with Gasteiger partial charge in [0.2, 0.25) is 22.7 Å². The molecule has 0 saturated carbocycles. The fourth-order valence-electron chi connectivity index (χ4n) is 2.71. The van der Waals surface area contributed by atoms with Gasteiger partial charge in [0.05, 0.1) is 4.90 Å². The highest BCUT2D eigenvalue weighted by Gasteiger charge is 2.18. The van der Waals surface area contributed by atoms with E-state index < -0.39 is 15.9 Å². The van der Waals surface area contributed by atoms with Crippen molar-refractivity contribution in [2.45, 2.75) is 4.90 Å². The van der Waals surface area contributed by atoms with Gasteiger partial charge in [-0.05, 0) is 48.0 Å². The number of nitrogens with zero attached hydrogens (tertiary/aromatic N) is 3. The molecule has 4 rings (SSSR count). The van der Waals surface area contributed by atoms with Gasteiger partial charge in [0.1, 0.15) is 0 Å². The molecule has 1 N–H and O–H groups in total. The topological polar surface area (TPSA) is 124 Å². The Morgan fingerprint density at radius 1 is 1.06 bits per heavy atom. The van der Waals surface area contributed by atoms with Crippen LogP contribution < -0.4 is 14.8 Å². The molecular weight excluding hydrogens is 424 g/mol. The van der Waals surface area contributed by atoms with Crippen LogP contribution in [0.25, 0.3) is 17.5 Å². The van der Waals surface area contributed by atoms with E-state index in [1.165, 1.54) is 32.3 Å². The second-order valence-electron chi connectivity index (χ2n) is 6.66. The van der Waals surface area contributed by atoms with E-state index >= 15 is 0 Å². The fourth-order valence-corrected chi connectivity index (χ4v) is 3.61. The van der Waals surface area contributed by atoms with Gasteiger partial charge in [-0.3, -0.25) is 10.1 Å². The molecule has 1 aliphatic heterocycles. The summed E-state index contributed by atoms with van der Waals surface area (Å²) in [5, 5.41) is 10.1. The lowest BCUT2D eigenvalue weighted by Crippen LogP contribution is -2.22. The van der Waals surface area contributed by atoms with Crippen LogP contribution in [0.2, 0.25) is 0 Å². The Hall–Kier alpha value is -3.70. The van der Waals surface area contributed by atoms with Crippen LogP contribution in [0.5, 0.6) is 11.5 Å². The smallest absolute Gasteiger partial charge is 0.322 e. The van der Waals surface area contributed by atoms with Crippen LogP contribution in [-0.4, -0.2) is 49.7 Å². The Balaban J connectivity index is 1.41. The van der Waals surface area contributed by atoms with Gasteiger partial charge >= 0.3 is 6.01 Å². The second kappa shape index (κ2) is 8.20. The van der Waals surface area contributed by atoms with Gasteiger partial charge in [-0.2, -0.15) is 0 Å². The first-order valence-electron chi connectivity index (χ1n) is 9.08. The fraction of sp³-hybridized carbons (Fsp3) is 0.150. The number of hydrogen-bond acceptors (Lipinski definition) is 8. The van der Waals surface area contributed by atoms with Crippen molar-refractivity contribution < 1.29 is 27.1 Å². The summed E-state index contributed by atoms with van der Waals surface area (Å²) in [7, 11) is -0.621. The van der Waals surface area contributed by atoms with Crippen molar-refractivity contribution in [3.8, 4) is 23.0 Å².